The number of hydrogen-bond acceptors (Lipinski definition) is 3. The van der Waals surface area contributed by atoms with Gasteiger partial charge >= 0.3 is 0 Å². The fourth-order valence-corrected chi connectivity index (χ4v) is 1.52. The van der Waals surface area contributed by atoms with Gasteiger partial charge in [0, 0.05) is 12.2 Å². The summed E-state index contributed by atoms with van der Waals surface area (Å²) in [6.45, 7) is 4.98. The molecular weight excluding hydrogens is 226 g/mol. The number of nitrogens with one attached hydrogen (secondary N) is 2. The molecule has 1 aromatic rings. The SMILES string of the molecule is CCCCNC(=O)CNc1cc(C#N)ccc1C. The summed E-state index contributed by atoms with van der Waals surface area (Å²) in [5.74, 6) is -0.0230. The molecule has 0 radical (unpaired) electrons. The van der Waals surface area contributed by atoms with E-state index in [1.807, 2.05) is 13.0 Å². The van der Waals surface area contributed by atoms with Crippen LogP contribution in [-0.2, 0) is 4.79 Å². The number of benzene rings is 1. The highest BCUT2D eigenvalue weighted by Gasteiger charge is 2.03. The molecule has 0 atom stereocenters. The Bertz CT molecular complexity index is 449. The Hall–Kier alpha value is -2.02. The molecule has 2 N–H and O–H groups in total. The number of carbonyl (C=O) groups is 1. The number of carbonyl (C=O) groups excluding carboxylic acids is 1. The highest BCUT2D eigenvalue weighted by Crippen LogP contribution is 2.15. The first-order valence-electron chi connectivity index (χ1n) is 6.18. The van der Waals surface area contributed by atoms with Crippen LogP contribution in [0.5, 0.6) is 0 Å². The predicted octanol–water partition coefficient (Wildman–Crippen LogP) is 2.19. The van der Waals surface area contributed by atoms with Gasteiger partial charge in [0.2, 0.25) is 5.91 Å². The van der Waals surface area contributed by atoms with Gasteiger partial charge in [-0.05, 0) is 31.0 Å². The van der Waals surface area contributed by atoms with Crippen molar-refractivity contribution in [2.75, 3.05) is 18.4 Å². The van der Waals surface area contributed by atoms with Gasteiger partial charge in [0.15, 0.2) is 0 Å². The molecule has 0 fully saturated rings. The van der Waals surface area contributed by atoms with Gasteiger partial charge in [-0.2, -0.15) is 5.26 Å². The van der Waals surface area contributed by atoms with Gasteiger partial charge in [0.1, 0.15) is 0 Å². The van der Waals surface area contributed by atoms with E-state index in [4.69, 9.17) is 5.26 Å². The van der Waals surface area contributed by atoms with Crippen molar-refractivity contribution < 1.29 is 4.79 Å². The number of nitriles is 1. The predicted molar refractivity (Wildman–Crippen MR) is 72.3 cm³/mol. The van der Waals surface area contributed by atoms with Crippen LogP contribution < -0.4 is 10.6 Å². The second-order valence-corrected chi connectivity index (χ2v) is 4.20. The van der Waals surface area contributed by atoms with Crippen LogP contribution in [0.1, 0.15) is 30.9 Å². The standard InChI is InChI=1S/C14H19N3O/c1-3-4-7-16-14(18)10-17-13-8-12(9-15)6-5-11(13)2/h5-6,8,17H,3-4,7,10H2,1-2H3,(H,16,18). The highest BCUT2D eigenvalue weighted by molar-refractivity contribution is 5.81. The van der Waals surface area contributed by atoms with Gasteiger partial charge in [-0.3, -0.25) is 4.79 Å². The zero-order valence-corrected chi connectivity index (χ0v) is 10.9. The zero-order valence-electron chi connectivity index (χ0n) is 10.9. The van der Waals surface area contributed by atoms with E-state index in [-0.39, 0.29) is 12.5 Å². The van der Waals surface area contributed by atoms with E-state index < -0.39 is 0 Å². The second kappa shape index (κ2) is 7.33. The van der Waals surface area contributed by atoms with Gasteiger partial charge in [-0.25, -0.2) is 0 Å². The minimum absolute atomic E-state index is 0.0230. The molecule has 4 nitrogen and oxygen atoms in total. The van der Waals surface area contributed by atoms with Crippen LogP contribution in [0.15, 0.2) is 18.2 Å². The van der Waals surface area contributed by atoms with Crippen molar-refractivity contribution >= 4 is 11.6 Å². The van der Waals surface area contributed by atoms with E-state index in [2.05, 4.69) is 23.6 Å². The summed E-state index contributed by atoms with van der Waals surface area (Å²) in [5.41, 5.74) is 2.45. The average Bonchev–Trinajstić information content (AvgIpc) is 2.38. The molecule has 96 valence electrons. The molecule has 0 saturated heterocycles. The third kappa shape index (κ3) is 4.46. The fraction of sp³-hybridized carbons (Fsp3) is 0.429. The molecule has 0 heterocycles. The van der Waals surface area contributed by atoms with Gasteiger partial charge in [0.25, 0.3) is 0 Å². The lowest BCUT2D eigenvalue weighted by molar-refractivity contribution is -0.119. The van der Waals surface area contributed by atoms with Crippen molar-refractivity contribution in [3.8, 4) is 6.07 Å². The number of unbranched alkanes of at least 4 members (excludes halogenated alkanes) is 1. The maximum absolute atomic E-state index is 11.5. The molecule has 0 bridgehead atoms. The van der Waals surface area contributed by atoms with E-state index in [9.17, 15) is 4.79 Å². The first kappa shape index (κ1) is 14.0. The smallest absolute Gasteiger partial charge is 0.239 e. The van der Waals surface area contributed by atoms with E-state index in [1.54, 1.807) is 12.1 Å². The molecule has 4 heteroatoms. The Morgan fingerprint density at radius 2 is 2.22 bits per heavy atom. The molecule has 0 aliphatic rings. The first-order chi connectivity index (χ1) is 8.67. The van der Waals surface area contributed by atoms with E-state index in [0.717, 1.165) is 24.1 Å². The van der Waals surface area contributed by atoms with Crippen molar-refractivity contribution in [1.82, 2.24) is 5.32 Å². The quantitative estimate of drug-likeness (QED) is 0.755. The molecule has 0 saturated carbocycles. The Morgan fingerprint density at radius 1 is 1.44 bits per heavy atom. The third-order valence-electron chi connectivity index (χ3n) is 2.66. The van der Waals surface area contributed by atoms with Crippen molar-refractivity contribution in [3.63, 3.8) is 0 Å². The van der Waals surface area contributed by atoms with E-state index >= 15 is 0 Å². The molecule has 0 unspecified atom stereocenters. The van der Waals surface area contributed by atoms with Gasteiger partial charge in [-0.1, -0.05) is 19.4 Å². The molecular formula is C14H19N3O. The number of anilines is 1. The van der Waals surface area contributed by atoms with E-state index in [0.29, 0.717) is 12.1 Å². The summed E-state index contributed by atoms with van der Waals surface area (Å²) in [7, 11) is 0. The molecule has 0 aromatic heterocycles. The van der Waals surface area contributed by atoms with Crippen molar-refractivity contribution in [3.05, 3.63) is 29.3 Å². The minimum Gasteiger partial charge on any atom is -0.376 e. The summed E-state index contributed by atoms with van der Waals surface area (Å²) in [6.07, 6.45) is 2.06. The average molecular weight is 245 g/mol. The Kier molecular flexibility index (Phi) is 5.72. The molecule has 1 amide bonds. The van der Waals surface area contributed by atoms with Crippen LogP contribution >= 0.6 is 0 Å². The van der Waals surface area contributed by atoms with Gasteiger partial charge < -0.3 is 10.6 Å². The van der Waals surface area contributed by atoms with Crippen LogP contribution in [0.4, 0.5) is 5.69 Å². The fourth-order valence-electron chi connectivity index (χ4n) is 1.52. The molecule has 1 rings (SSSR count). The largest absolute Gasteiger partial charge is 0.376 e. The van der Waals surface area contributed by atoms with Gasteiger partial charge in [-0.15, -0.1) is 0 Å². The minimum atomic E-state index is -0.0230. The number of hydrogen-bond donors (Lipinski definition) is 2. The van der Waals surface area contributed by atoms with Crippen LogP contribution in [-0.4, -0.2) is 19.0 Å². The van der Waals surface area contributed by atoms with Crippen molar-refractivity contribution in [1.29, 1.82) is 5.26 Å². The second-order valence-electron chi connectivity index (χ2n) is 4.20. The Labute approximate surface area is 108 Å². The lowest BCUT2D eigenvalue weighted by Gasteiger charge is -2.10. The lowest BCUT2D eigenvalue weighted by atomic mass is 10.1. The summed E-state index contributed by atoms with van der Waals surface area (Å²) >= 11 is 0. The topological polar surface area (TPSA) is 64.9 Å². The number of amides is 1. The number of aryl methyl sites for hydroxylation is 1. The Balaban J connectivity index is 2.48. The maximum Gasteiger partial charge on any atom is 0.239 e. The van der Waals surface area contributed by atoms with E-state index in [1.165, 1.54) is 0 Å². The number of rotatable bonds is 6. The van der Waals surface area contributed by atoms with Crippen LogP contribution in [0.2, 0.25) is 0 Å². The third-order valence-corrected chi connectivity index (χ3v) is 2.66. The van der Waals surface area contributed by atoms with Gasteiger partial charge in [0.05, 0.1) is 18.2 Å². The number of nitrogens with zero attached hydrogens (tertiary/aromatic N) is 1. The highest BCUT2D eigenvalue weighted by atomic mass is 16.1. The molecule has 0 aliphatic heterocycles. The van der Waals surface area contributed by atoms with Crippen LogP contribution in [0.25, 0.3) is 0 Å². The van der Waals surface area contributed by atoms with Crippen molar-refractivity contribution in [2.24, 2.45) is 0 Å². The summed E-state index contributed by atoms with van der Waals surface area (Å²) in [6, 6.07) is 7.48. The maximum atomic E-state index is 11.5. The Morgan fingerprint density at radius 3 is 2.89 bits per heavy atom. The monoisotopic (exact) mass is 245 g/mol. The van der Waals surface area contributed by atoms with Crippen LogP contribution in [0.3, 0.4) is 0 Å². The summed E-state index contributed by atoms with van der Waals surface area (Å²) in [4.78, 5) is 11.5. The molecule has 0 spiro atoms. The molecule has 0 aliphatic carbocycles. The molecule has 1 aromatic carbocycles. The normalized spacial score (nSPS) is 9.61. The molecule has 18 heavy (non-hydrogen) atoms. The summed E-state index contributed by atoms with van der Waals surface area (Å²) in [5, 5.41) is 14.7. The first-order valence-corrected chi connectivity index (χ1v) is 6.18. The summed E-state index contributed by atoms with van der Waals surface area (Å²) < 4.78 is 0. The zero-order chi connectivity index (χ0) is 13.4. The van der Waals surface area contributed by atoms with Crippen molar-refractivity contribution in [2.45, 2.75) is 26.7 Å². The van der Waals surface area contributed by atoms with Crippen LogP contribution in [0, 0.1) is 18.3 Å². The lowest BCUT2D eigenvalue weighted by Crippen LogP contribution is -2.30.